The Hall–Kier alpha value is -0.120. The Balaban J connectivity index is 1.62. The van der Waals surface area contributed by atoms with Gasteiger partial charge in [-0.05, 0) is 58.8 Å². The number of rotatable bonds is 4. The van der Waals surface area contributed by atoms with E-state index < -0.39 is 0 Å². The standard InChI is InChI=1S/C17H32N2O/c1-5-14-10-18-17(4,13-6-7-13)12-19(14)11-15-8-9-16(2,3)20-15/h13-15,18H,5-12H2,1-4H3. The van der Waals surface area contributed by atoms with Crippen LogP contribution in [0, 0.1) is 5.92 Å². The van der Waals surface area contributed by atoms with Crippen LogP contribution in [-0.4, -0.2) is 47.8 Å². The lowest BCUT2D eigenvalue weighted by molar-refractivity contribution is -0.0444. The van der Waals surface area contributed by atoms with Crippen molar-refractivity contribution < 1.29 is 4.74 Å². The molecular formula is C17H32N2O. The van der Waals surface area contributed by atoms with Crippen LogP contribution in [0.25, 0.3) is 0 Å². The largest absolute Gasteiger partial charge is 0.371 e. The first kappa shape index (κ1) is 14.8. The first-order valence-corrected chi connectivity index (χ1v) is 8.59. The Bertz CT molecular complexity index is 353. The maximum absolute atomic E-state index is 6.23. The lowest BCUT2D eigenvalue weighted by Crippen LogP contribution is -2.64. The zero-order chi connectivity index (χ0) is 14.4. The summed E-state index contributed by atoms with van der Waals surface area (Å²) < 4.78 is 6.23. The highest BCUT2D eigenvalue weighted by Gasteiger charge is 2.46. The maximum atomic E-state index is 6.23. The molecule has 2 aliphatic heterocycles. The van der Waals surface area contributed by atoms with E-state index in [2.05, 4.69) is 37.9 Å². The highest BCUT2D eigenvalue weighted by atomic mass is 16.5. The zero-order valence-electron chi connectivity index (χ0n) is 13.7. The number of nitrogens with zero attached hydrogens (tertiary/aromatic N) is 1. The quantitative estimate of drug-likeness (QED) is 0.857. The fourth-order valence-electron chi connectivity index (χ4n) is 4.16. The summed E-state index contributed by atoms with van der Waals surface area (Å²) in [5.41, 5.74) is 0.444. The van der Waals surface area contributed by atoms with E-state index in [1.807, 2.05) is 0 Å². The Kier molecular flexibility index (Phi) is 3.89. The molecule has 1 saturated carbocycles. The van der Waals surface area contributed by atoms with Gasteiger partial charge in [-0.25, -0.2) is 0 Å². The minimum atomic E-state index is 0.0974. The second-order valence-corrected chi connectivity index (χ2v) is 8.10. The predicted molar refractivity (Wildman–Crippen MR) is 83.0 cm³/mol. The van der Waals surface area contributed by atoms with E-state index >= 15 is 0 Å². The Morgan fingerprint density at radius 3 is 2.50 bits per heavy atom. The monoisotopic (exact) mass is 280 g/mol. The number of nitrogens with one attached hydrogen (secondary N) is 1. The molecule has 0 radical (unpaired) electrons. The van der Waals surface area contributed by atoms with E-state index in [9.17, 15) is 0 Å². The molecule has 1 N–H and O–H groups in total. The topological polar surface area (TPSA) is 24.5 Å². The molecule has 3 heteroatoms. The van der Waals surface area contributed by atoms with Crippen molar-refractivity contribution in [2.24, 2.45) is 5.92 Å². The van der Waals surface area contributed by atoms with Gasteiger partial charge in [0, 0.05) is 31.2 Å². The molecule has 0 aromatic rings. The third-order valence-corrected chi connectivity index (χ3v) is 5.73. The molecule has 0 aromatic heterocycles. The highest BCUT2D eigenvalue weighted by molar-refractivity contribution is 5.04. The van der Waals surface area contributed by atoms with Crippen molar-refractivity contribution in [1.29, 1.82) is 0 Å². The first-order chi connectivity index (χ1) is 9.42. The van der Waals surface area contributed by atoms with E-state index in [-0.39, 0.29) is 5.60 Å². The Morgan fingerprint density at radius 2 is 1.95 bits per heavy atom. The zero-order valence-corrected chi connectivity index (χ0v) is 13.7. The van der Waals surface area contributed by atoms with Crippen molar-refractivity contribution in [2.45, 2.75) is 83.1 Å². The molecule has 3 rings (SSSR count). The molecule has 3 fully saturated rings. The van der Waals surface area contributed by atoms with Crippen LogP contribution < -0.4 is 5.32 Å². The van der Waals surface area contributed by atoms with Crippen molar-refractivity contribution in [1.82, 2.24) is 10.2 Å². The fraction of sp³-hybridized carbons (Fsp3) is 1.00. The van der Waals surface area contributed by atoms with Crippen molar-refractivity contribution >= 4 is 0 Å². The molecule has 2 heterocycles. The van der Waals surface area contributed by atoms with Gasteiger partial charge in [0.15, 0.2) is 0 Å². The average Bonchev–Trinajstić information content (AvgIpc) is 3.17. The number of ether oxygens (including phenoxy) is 1. The lowest BCUT2D eigenvalue weighted by Gasteiger charge is -2.47. The van der Waals surface area contributed by atoms with Gasteiger partial charge in [0.2, 0.25) is 0 Å². The van der Waals surface area contributed by atoms with Crippen LogP contribution in [0.1, 0.15) is 59.8 Å². The lowest BCUT2D eigenvalue weighted by atomic mass is 9.90. The Morgan fingerprint density at radius 1 is 1.20 bits per heavy atom. The number of hydrogen-bond acceptors (Lipinski definition) is 3. The summed E-state index contributed by atoms with van der Waals surface area (Å²) in [5.74, 6) is 0.906. The summed E-state index contributed by atoms with van der Waals surface area (Å²) in [6.45, 7) is 12.7. The summed E-state index contributed by atoms with van der Waals surface area (Å²) in [5, 5.41) is 3.85. The molecule has 3 unspecified atom stereocenters. The van der Waals surface area contributed by atoms with Crippen LogP contribution in [0.2, 0.25) is 0 Å². The van der Waals surface area contributed by atoms with Gasteiger partial charge in [0.25, 0.3) is 0 Å². The summed E-state index contributed by atoms with van der Waals surface area (Å²) in [6, 6.07) is 0.689. The SMILES string of the molecule is CCC1CNC(C)(C2CC2)CN1CC1CCC(C)(C)O1. The normalized spacial score (nSPS) is 42.0. The van der Waals surface area contributed by atoms with Gasteiger partial charge in [0.05, 0.1) is 11.7 Å². The van der Waals surface area contributed by atoms with E-state index in [4.69, 9.17) is 4.74 Å². The molecule has 0 spiro atoms. The van der Waals surface area contributed by atoms with Crippen LogP contribution in [-0.2, 0) is 4.74 Å². The van der Waals surface area contributed by atoms with Crippen molar-refractivity contribution in [3.63, 3.8) is 0 Å². The molecular weight excluding hydrogens is 248 g/mol. The van der Waals surface area contributed by atoms with Crippen LogP contribution in [0.3, 0.4) is 0 Å². The van der Waals surface area contributed by atoms with Crippen LogP contribution in [0.15, 0.2) is 0 Å². The van der Waals surface area contributed by atoms with Gasteiger partial charge in [-0.2, -0.15) is 0 Å². The summed E-state index contributed by atoms with van der Waals surface area (Å²) in [7, 11) is 0. The molecule has 3 aliphatic rings. The Labute approximate surface area is 124 Å². The van der Waals surface area contributed by atoms with E-state index in [1.54, 1.807) is 0 Å². The first-order valence-electron chi connectivity index (χ1n) is 8.59. The van der Waals surface area contributed by atoms with Crippen LogP contribution >= 0.6 is 0 Å². The second kappa shape index (κ2) is 5.26. The molecule has 0 bridgehead atoms. The van der Waals surface area contributed by atoms with Crippen molar-refractivity contribution in [3.05, 3.63) is 0 Å². The van der Waals surface area contributed by atoms with Crippen molar-refractivity contribution in [2.75, 3.05) is 19.6 Å². The summed E-state index contributed by atoms with van der Waals surface area (Å²) in [6.07, 6.45) is 6.96. The minimum Gasteiger partial charge on any atom is -0.371 e. The van der Waals surface area contributed by atoms with Crippen LogP contribution in [0.5, 0.6) is 0 Å². The molecule has 3 nitrogen and oxygen atoms in total. The smallest absolute Gasteiger partial charge is 0.0710 e. The van der Waals surface area contributed by atoms with Gasteiger partial charge in [-0.3, -0.25) is 4.90 Å². The molecule has 0 amide bonds. The predicted octanol–water partition coefficient (Wildman–Crippen LogP) is 2.80. The third-order valence-electron chi connectivity index (χ3n) is 5.73. The van der Waals surface area contributed by atoms with Crippen molar-refractivity contribution in [3.8, 4) is 0 Å². The summed E-state index contributed by atoms with van der Waals surface area (Å²) in [4.78, 5) is 2.72. The molecule has 2 saturated heterocycles. The molecule has 0 aromatic carbocycles. The molecule has 20 heavy (non-hydrogen) atoms. The minimum absolute atomic E-state index is 0.0974. The van der Waals surface area contributed by atoms with Gasteiger partial charge in [-0.1, -0.05) is 6.92 Å². The summed E-state index contributed by atoms with van der Waals surface area (Å²) >= 11 is 0. The molecule has 116 valence electrons. The second-order valence-electron chi connectivity index (χ2n) is 8.10. The molecule has 1 aliphatic carbocycles. The van der Waals surface area contributed by atoms with E-state index in [0.29, 0.717) is 17.7 Å². The van der Waals surface area contributed by atoms with Gasteiger partial charge in [0.1, 0.15) is 0 Å². The third kappa shape index (κ3) is 3.05. The van der Waals surface area contributed by atoms with E-state index in [0.717, 1.165) is 19.0 Å². The van der Waals surface area contributed by atoms with Gasteiger partial charge < -0.3 is 10.1 Å². The van der Waals surface area contributed by atoms with E-state index in [1.165, 1.54) is 38.6 Å². The maximum Gasteiger partial charge on any atom is 0.0710 e. The van der Waals surface area contributed by atoms with Gasteiger partial charge >= 0.3 is 0 Å². The van der Waals surface area contributed by atoms with Gasteiger partial charge in [-0.15, -0.1) is 0 Å². The number of hydrogen-bond donors (Lipinski definition) is 1. The molecule has 3 atom stereocenters. The van der Waals surface area contributed by atoms with Crippen LogP contribution in [0.4, 0.5) is 0 Å². The highest BCUT2D eigenvalue weighted by Crippen LogP contribution is 2.42. The number of piperazine rings is 1. The average molecular weight is 280 g/mol. The fourth-order valence-corrected chi connectivity index (χ4v) is 4.16.